The van der Waals surface area contributed by atoms with E-state index in [1.807, 2.05) is 25.1 Å². The molecule has 31 heavy (non-hydrogen) atoms. The van der Waals surface area contributed by atoms with Crippen LogP contribution in [0.15, 0.2) is 30.9 Å². The number of thiazole rings is 2. The van der Waals surface area contributed by atoms with Crippen LogP contribution >= 0.6 is 22.7 Å². The van der Waals surface area contributed by atoms with E-state index in [0.29, 0.717) is 15.7 Å². The number of nitrogens with zero attached hydrogens (tertiary/aromatic N) is 3. The smallest absolute Gasteiger partial charge is 0.350 e. The largest absolute Gasteiger partial charge is 0.457 e. The third-order valence-corrected chi connectivity index (χ3v) is 6.83. The number of anilines is 2. The summed E-state index contributed by atoms with van der Waals surface area (Å²) in [7, 11) is 0. The summed E-state index contributed by atoms with van der Waals surface area (Å²) in [5, 5.41) is 4.00. The van der Waals surface area contributed by atoms with Gasteiger partial charge in [0.15, 0.2) is 5.13 Å². The molecule has 1 saturated heterocycles. The highest BCUT2D eigenvalue weighted by Crippen LogP contribution is 2.31. The summed E-state index contributed by atoms with van der Waals surface area (Å²) in [5.41, 5.74) is 2.05. The van der Waals surface area contributed by atoms with Crippen molar-refractivity contribution in [2.24, 2.45) is 5.92 Å². The molecule has 8 nitrogen and oxygen atoms in total. The van der Waals surface area contributed by atoms with Crippen LogP contribution in [0.4, 0.5) is 10.8 Å². The number of aryl methyl sites for hydroxylation is 2. The molecule has 1 N–H and O–H groups in total. The molecule has 1 aliphatic heterocycles. The maximum absolute atomic E-state index is 12.8. The predicted molar refractivity (Wildman–Crippen MR) is 121 cm³/mol. The van der Waals surface area contributed by atoms with Gasteiger partial charge in [0.1, 0.15) is 11.5 Å². The van der Waals surface area contributed by atoms with Crippen LogP contribution in [-0.2, 0) is 14.3 Å². The molecule has 3 aromatic rings. The summed E-state index contributed by atoms with van der Waals surface area (Å²) >= 11 is 2.65. The van der Waals surface area contributed by atoms with Crippen LogP contribution in [0.5, 0.6) is 0 Å². The van der Waals surface area contributed by atoms with Crippen molar-refractivity contribution >= 4 is 61.5 Å². The second kappa shape index (κ2) is 8.56. The number of fused-ring (bicyclic) bond motifs is 1. The number of benzene rings is 1. The van der Waals surface area contributed by atoms with E-state index in [2.05, 4.69) is 21.9 Å². The van der Waals surface area contributed by atoms with Gasteiger partial charge in [-0.05, 0) is 32.0 Å². The van der Waals surface area contributed by atoms with E-state index in [-0.39, 0.29) is 31.4 Å². The molecule has 1 unspecified atom stereocenters. The highest BCUT2D eigenvalue weighted by Gasteiger charge is 2.35. The number of ether oxygens (including phenoxy) is 1. The third-order valence-electron chi connectivity index (χ3n) is 4.83. The number of hydrogen-bond donors (Lipinski definition) is 1. The first-order valence-electron chi connectivity index (χ1n) is 9.59. The Hall–Kier alpha value is -3.11. The molecule has 0 radical (unpaired) electrons. The maximum atomic E-state index is 12.8. The minimum absolute atomic E-state index is 0.101. The topological polar surface area (TPSA) is 101 Å². The molecule has 0 spiro atoms. The van der Waals surface area contributed by atoms with Crippen molar-refractivity contribution in [3.8, 4) is 0 Å². The number of nitrogens with one attached hydrogen (secondary N) is 1. The number of carbonyl (C=O) groups is 3. The van der Waals surface area contributed by atoms with E-state index >= 15 is 0 Å². The van der Waals surface area contributed by atoms with E-state index in [0.717, 1.165) is 32.2 Å². The van der Waals surface area contributed by atoms with E-state index in [1.54, 1.807) is 23.2 Å². The molecule has 1 fully saturated rings. The second-order valence-corrected chi connectivity index (χ2v) is 9.33. The minimum Gasteiger partial charge on any atom is -0.457 e. The Balaban J connectivity index is 1.44. The maximum Gasteiger partial charge on any atom is 0.350 e. The fourth-order valence-electron chi connectivity index (χ4n) is 3.38. The van der Waals surface area contributed by atoms with Crippen LogP contribution < -0.4 is 10.2 Å². The molecule has 0 saturated carbocycles. The van der Waals surface area contributed by atoms with E-state index in [4.69, 9.17) is 4.74 Å². The summed E-state index contributed by atoms with van der Waals surface area (Å²) in [6, 6.07) is 5.70. The third kappa shape index (κ3) is 4.35. The SMILES string of the molecule is C=CCOC(=O)c1sc(NC(=O)C2CC(=O)N(c3ccc4sc(C)nc4c3)C2)nc1C. The van der Waals surface area contributed by atoms with Gasteiger partial charge >= 0.3 is 5.97 Å². The molecule has 4 rings (SSSR count). The van der Waals surface area contributed by atoms with Gasteiger partial charge in [0, 0.05) is 18.7 Å². The van der Waals surface area contributed by atoms with Crippen LogP contribution in [0.2, 0.25) is 0 Å². The van der Waals surface area contributed by atoms with Crippen molar-refractivity contribution in [1.82, 2.24) is 9.97 Å². The molecule has 3 heterocycles. The molecule has 160 valence electrons. The summed E-state index contributed by atoms with van der Waals surface area (Å²) in [6.07, 6.45) is 1.59. The fourth-order valence-corrected chi connectivity index (χ4v) is 5.05. The average molecular weight is 457 g/mol. The number of amides is 2. The lowest BCUT2D eigenvalue weighted by Gasteiger charge is -2.16. The van der Waals surface area contributed by atoms with Crippen LogP contribution in [0.25, 0.3) is 10.2 Å². The van der Waals surface area contributed by atoms with Crippen LogP contribution in [0, 0.1) is 19.8 Å². The first-order chi connectivity index (χ1) is 14.9. The Morgan fingerprint density at radius 2 is 2.13 bits per heavy atom. The molecule has 1 aliphatic rings. The molecule has 0 aliphatic carbocycles. The predicted octanol–water partition coefficient (Wildman–Crippen LogP) is 3.70. The molecule has 0 bridgehead atoms. The highest BCUT2D eigenvalue weighted by molar-refractivity contribution is 7.18. The molecule has 2 aromatic heterocycles. The molecular formula is C21H20N4O4S2. The molecule has 1 atom stereocenters. The van der Waals surface area contributed by atoms with Crippen molar-refractivity contribution in [3.63, 3.8) is 0 Å². The van der Waals surface area contributed by atoms with Gasteiger partial charge in [-0.25, -0.2) is 14.8 Å². The minimum atomic E-state index is -0.513. The van der Waals surface area contributed by atoms with Gasteiger partial charge in [0.2, 0.25) is 11.8 Å². The lowest BCUT2D eigenvalue weighted by Crippen LogP contribution is -2.28. The van der Waals surface area contributed by atoms with E-state index < -0.39 is 11.9 Å². The van der Waals surface area contributed by atoms with Crippen LogP contribution in [0.1, 0.15) is 26.8 Å². The van der Waals surface area contributed by atoms with E-state index in [9.17, 15) is 14.4 Å². The van der Waals surface area contributed by atoms with Crippen molar-refractivity contribution in [2.45, 2.75) is 20.3 Å². The van der Waals surface area contributed by atoms with Gasteiger partial charge in [-0.1, -0.05) is 24.0 Å². The zero-order valence-electron chi connectivity index (χ0n) is 17.0. The average Bonchev–Trinajstić information content (AvgIpc) is 3.41. The highest BCUT2D eigenvalue weighted by atomic mass is 32.1. The summed E-state index contributed by atoms with van der Waals surface area (Å²) < 4.78 is 6.09. The lowest BCUT2D eigenvalue weighted by atomic mass is 10.1. The second-order valence-electron chi connectivity index (χ2n) is 7.10. The molecule has 10 heteroatoms. The quantitative estimate of drug-likeness (QED) is 0.448. The summed E-state index contributed by atoms with van der Waals surface area (Å²) in [6.45, 7) is 7.50. The number of hydrogen-bond acceptors (Lipinski definition) is 8. The Morgan fingerprint density at radius 1 is 1.32 bits per heavy atom. The fraction of sp³-hybridized carbons (Fsp3) is 0.286. The number of esters is 1. The first-order valence-corrected chi connectivity index (χ1v) is 11.2. The Bertz CT molecular complexity index is 1200. The monoisotopic (exact) mass is 456 g/mol. The van der Waals surface area contributed by atoms with Gasteiger partial charge in [0.25, 0.3) is 0 Å². The van der Waals surface area contributed by atoms with Crippen LogP contribution in [-0.4, -0.2) is 40.9 Å². The lowest BCUT2D eigenvalue weighted by molar-refractivity contribution is -0.122. The normalized spacial score (nSPS) is 16.0. The van der Waals surface area contributed by atoms with Crippen molar-refractivity contribution in [1.29, 1.82) is 0 Å². The van der Waals surface area contributed by atoms with Gasteiger partial charge in [0.05, 0.1) is 26.8 Å². The molecule has 2 amide bonds. The summed E-state index contributed by atoms with van der Waals surface area (Å²) in [4.78, 5) is 48.0. The Morgan fingerprint density at radius 3 is 2.90 bits per heavy atom. The van der Waals surface area contributed by atoms with Gasteiger partial charge < -0.3 is 15.0 Å². The molecular weight excluding hydrogens is 436 g/mol. The zero-order chi connectivity index (χ0) is 22.1. The molecule has 1 aromatic carbocycles. The zero-order valence-corrected chi connectivity index (χ0v) is 18.6. The first kappa shape index (κ1) is 21.1. The van der Waals surface area contributed by atoms with Gasteiger partial charge in [-0.3, -0.25) is 9.59 Å². The van der Waals surface area contributed by atoms with Crippen molar-refractivity contribution in [3.05, 3.63) is 46.4 Å². The van der Waals surface area contributed by atoms with Gasteiger partial charge in [-0.2, -0.15) is 0 Å². The number of aromatic nitrogens is 2. The summed E-state index contributed by atoms with van der Waals surface area (Å²) in [5.74, 6) is -1.44. The van der Waals surface area contributed by atoms with Crippen molar-refractivity contribution in [2.75, 3.05) is 23.4 Å². The Kier molecular flexibility index (Phi) is 5.84. The van der Waals surface area contributed by atoms with E-state index in [1.165, 1.54) is 6.08 Å². The Labute approximate surface area is 186 Å². The van der Waals surface area contributed by atoms with Crippen molar-refractivity contribution < 1.29 is 19.1 Å². The van der Waals surface area contributed by atoms with Crippen LogP contribution in [0.3, 0.4) is 0 Å². The standard InChI is InChI=1S/C21H20N4O4S2/c1-4-7-29-20(28)18-11(2)22-21(31-18)24-19(27)13-8-17(26)25(10-13)14-5-6-16-15(9-14)23-12(3)30-16/h4-6,9,13H,1,7-8,10H2,2-3H3,(H,22,24,27). The van der Waals surface area contributed by atoms with Gasteiger partial charge in [-0.15, -0.1) is 11.3 Å². The number of rotatable bonds is 6. The number of carbonyl (C=O) groups excluding carboxylic acids is 3.